The molecule has 0 amide bonds. The van der Waals surface area contributed by atoms with Gasteiger partial charge in [0, 0.05) is 9.37 Å². The maximum atomic E-state index is 3.57. The predicted molar refractivity (Wildman–Crippen MR) is 73.6 cm³/mol. The predicted octanol–water partition coefficient (Wildman–Crippen LogP) is 5.51. The van der Waals surface area contributed by atoms with Crippen molar-refractivity contribution in [3.05, 3.63) is 28.7 Å². The minimum absolute atomic E-state index is 1.23. The lowest BCUT2D eigenvalue weighted by atomic mass is 10.2. The molecule has 0 N–H and O–H groups in total. The summed E-state index contributed by atoms with van der Waals surface area (Å²) in [6.07, 6.45) is 6.83. The van der Waals surface area contributed by atoms with E-state index < -0.39 is 0 Å². The first kappa shape index (κ1) is 13.1. The van der Waals surface area contributed by atoms with Crippen LogP contribution in [0.1, 0.15) is 39.0 Å². The largest absolute Gasteiger partial charge is 0.125 e. The van der Waals surface area contributed by atoms with Crippen molar-refractivity contribution in [1.29, 1.82) is 0 Å². The van der Waals surface area contributed by atoms with Gasteiger partial charge in [0.25, 0.3) is 0 Å². The highest BCUT2D eigenvalue weighted by molar-refractivity contribution is 9.10. The minimum atomic E-state index is 1.23. The van der Waals surface area contributed by atoms with Crippen molar-refractivity contribution >= 4 is 27.7 Å². The van der Waals surface area contributed by atoms with Crippen LogP contribution in [0.3, 0.4) is 0 Å². The molecule has 0 aliphatic heterocycles. The molecule has 0 saturated carbocycles. The Morgan fingerprint density at radius 1 is 1.07 bits per heavy atom. The average molecular weight is 287 g/mol. The highest BCUT2D eigenvalue weighted by atomic mass is 79.9. The van der Waals surface area contributed by atoms with E-state index in [1.54, 1.807) is 0 Å². The standard InChI is InChI=1S/C13H19BrS/c1-2-3-4-5-8-11-15-13-10-7-6-9-12(13)14/h6-7,9-10H,2-5,8,11H2,1H3. The van der Waals surface area contributed by atoms with Crippen molar-refractivity contribution < 1.29 is 0 Å². The zero-order valence-corrected chi connectivity index (χ0v) is 11.7. The number of unbranched alkanes of at least 4 members (excludes halogenated alkanes) is 4. The van der Waals surface area contributed by atoms with E-state index in [1.807, 2.05) is 11.8 Å². The molecule has 1 aromatic rings. The second-order valence-corrected chi connectivity index (χ2v) is 5.68. The van der Waals surface area contributed by atoms with Crippen molar-refractivity contribution in [2.45, 2.75) is 43.9 Å². The molecule has 0 heterocycles. The zero-order chi connectivity index (χ0) is 10.9. The normalized spacial score (nSPS) is 10.5. The van der Waals surface area contributed by atoms with E-state index >= 15 is 0 Å². The van der Waals surface area contributed by atoms with Gasteiger partial charge in [-0.05, 0) is 40.2 Å². The van der Waals surface area contributed by atoms with Crippen LogP contribution in [0, 0.1) is 0 Å². The van der Waals surface area contributed by atoms with Gasteiger partial charge in [-0.25, -0.2) is 0 Å². The Hall–Kier alpha value is 0.0500. The molecule has 2 heteroatoms. The van der Waals surface area contributed by atoms with Gasteiger partial charge in [0.1, 0.15) is 0 Å². The SMILES string of the molecule is CCCCCCCSc1ccccc1Br. The van der Waals surface area contributed by atoms with Crippen LogP contribution < -0.4 is 0 Å². The summed E-state index contributed by atoms with van der Waals surface area (Å²) in [5.41, 5.74) is 0. The van der Waals surface area contributed by atoms with E-state index in [-0.39, 0.29) is 0 Å². The van der Waals surface area contributed by atoms with E-state index in [9.17, 15) is 0 Å². The lowest BCUT2D eigenvalue weighted by Crippen LogP contribution is -1.82. The van der Waals surface area contributed by atoms with Crippen LogP contribution in [0.4, 0.5) is 0 Å². The molecule has 84 valence electrons. The fraction of sp³-hybridized carbons (Fsp3) is 0.538. The summed E-state index contributed by atoms with van der Waals surface area (Å²) >= 11 is 5.53. The summed E-state index contributed by atoms with van der Waals surface area (Å²) in [5, 5.41) is 0. The molecule has 0 radical (unpaired) electrons. The van der Waals surface area contributed by atoms with E-state index in [4.69, 9.17) is 0 Å². The summed E-state index contributed by atoms with van der Waals surface area (Å²) in [6, 6.07) is 8.46. The average Bonchev–Trinajstić information content (AvgIpc) is 2.25. The molecule has 0 aliphatic rings. The molecule has 1 rings (SSSR count). The molecule has 1 aromatic carbocycles. The first-order chi connectivity index (χ1) is 7.34. The van der Waals surface area contributed by atoms with Crippen molar-refractivity contribution in [3.8, 4) is 0 Å². The second-order valence-electron chi connectivity index (χ2n) is 3.69. The summed E-state index contributed by atoms with van der Waals surface area (Å²) in [5.74, 6) is 1.24. The van der Waals surface area contributed by atoms with Crippen LogP contribution in [0.15, 0.2) is 33.6 Å². The van der Waals surface area contributed by atoms with Gasteiger partial charge in [-0.2, -0.15) is 0 Å². The van der Waals surface area contributed by atoms with E-state index in [1.165, 1.54) is 47.2 Å². The number of hydrogen-bond donors (Lipinski definition) is 0. The molecule has 0 saturated heterocycles. The van der Waals surface area contributed by atoms with Crippen LogP contribution in [-0.4, -0.2) is 5.75 Å². The van der Waals surface area contributed by atoms with Crippen molar-refractivity contribution in [1.82, 2.24) is 0 Å². The number of thioether (sulfide) groups is 1. The third-order valence-electron chi connectivity index (χ3n) is 2.34. The van der Waals surface area contributed by atoms with Gasteiger partial charge in [-0.3, -0.25) is 0 Å². The van der Waals surface area contributed by atoms with Crippen LogP contribution in [0.2, 0.25) is 0 Å². The molecular formula is C13H19BrS. The highest BCUT2D eigenvalue weighted by Crippen LogP contribution is 2.27. The van der Waals surface area contributed by atoms with Gasteiger partial charge in [0.15, 0.2) is 0 Å². The number of halogens is 1. The molecule has 0 unspecified atom stereocenters. The molecular weight excluding hydrogens is 268 g/mol. The van der Waals surface area contributed by atoms with Crippen molar-refractivity contribution in [2.24, 2.45) is 0 Å². The third-order valence-corrected chi connectivity index (χ3v) is 4.46. The summed E-state index contributed by atoms with van der Waals surface area (Å²) < 4.78 is 1.23. The Kier molecular flexibility index (Phi) is 7.20. The molecule has 15 heavy (non-hydrogen) atoms. The summed E-state index contributed by atoms with van der Waals surface area (Å²) in [6.45, 7) is 2.26. The molecule has 0 aliphatic carbocycles. The number of hydrogen-bond acceptors (Lipinski definition) is 1. The van der Waals surface area contributed by atoms with Gasteiger partial charge >= 0.3 is 0 Å². The van der Waals surface area contributed by atoms with Crippen LogP contribution in [0.25, 0.3) is 0 Å². The van der Waals surface area contributed by atoms with Crippen molar-refractivity contribution in [3.63, 3.8) is 0 Å². The molecule has 0 atom stereocenters. The lowest BCUT2D eigenvalue weighted by molar-refractivity contribution is 0.659. The maximum Gasteiger partial charge on any atom is 0.0311 e. The smallest absolute Gasteiger partial charge is 0.0311 e. The number of benzene rings is 1. The fourth-order valence-corrected chi connectivity index (χ4v) is 3.03. The van der Waals surface area contributed by atoms with Gasteiger partial charge in [0.2, 0.25) is 0 Å². The fourth-order valence-electron chi connectivity index (χ4n) is 1.45. The summed E-state index contributed by atoms with van der Waals surface area (Å²) in [4.78, 5) is 1.37. The second kappa shape index (κ2) is 8.23. The first-order valence-electron chi connectivity index (χ1n) is 5.72. The quantitative estimate of drug-likeness (QED) is 0.470. The Bertz CT molecular complexity index is 273. The number of rotatable bonds is 7. The minimum Gasteiger partial charge on any atom is -0.125 e. The Labute approximate surface area is 106 Å². The van der Waals surface area contributed by atoms with E-state index in [0.29, 0.717) is 0 Å². The molecule has 0 nitrogen and oxygen atoms in total. The van der Waals surface area contributed by atoms with Gasteiger partial charge in [-0.1, -0.05) is 44.7 Å². The Balaban J connectivity index is 2.12. The highest BCUT2D eigenvalue weighted by Gasteiger charge is 1.98. The Morgan fingerprint density at radius 2 is 1.80 bits per heavy atom. The topological polar surface area (TPSA) is 0 Å². The third kappa shape index (κ3) is 5.62. The van der Waals surface area contributed by atoms with Gasteiger partial charge in [0.05, 0.1) is 0 Å². The van der Waals surface area contributed by atoms with E-state index in [2.05, 4.69) is 47.1 Å². The molecule has 0 bridgehead atoms. The zero-order valence-electron chi connectivity index (χ0n) is 9.34. The molecule has 0 fully saturated rings. The maximum absolute atomic E-state index is 3.57. The molecule has 0 aromatic heterocycles. The lowest BCUT2D eigenvalue weighted by Gasteiger charge is -2.03. The molecule has 0 spiro atoms. The van der Waals surface area contributed by atoms with Gasteiger partial charge < -0.3 is 0 Å². The van der Waals surface area contributed by atoms with Crippen LogP contribution in [-0.2, 0) is 0 Å². The van der Waals surface area contributed by atoms with Crippen LogP contribution >= 0.6 is 27.7 Å². The van der Waals surface area contributed by atoms with Crippen molar-refractivity contribution in [2.75, 3.05) is 5.75 Å². The first-order valence-corrected chi connectivity index (χ1v) is 7.49. The van der Waals surface area contributed by atoms with E-state index in [0.717, 1.165) is 0 Å². The van der Waals surface area contributed by atoms with Gasteiger partial charge in [-0.15, -0.1) is 11.8 Å². The summed E-state index contributed by atoms with van der Waals surface area (Å²) in [7, 11) is 0. The Morgan fingerprint density at radius 3 is 2.53 bits per heavy atom. The monoisotopic (exact) mass is 286 g/mol. The van der Waals surface area contributed by atoms with Crippen LogP contribution in [0.5, 0.6) is 0 Å².